The minimum absolute atomic E-state index is 0.161. The van der Waals surface area contributed by atoms with Crippen molar-refractivity contribution in [3.8, 4) is 6.07 Å². The average molecular weight is 287 g/mol. The molecule has 1 unspecified atom stereocenters. The molecular weight excluding hydrogens is 270 g/mol. The third kappa shape index (κ3) is 8.90. The van der Waals surface area contributed by atoms with E-state index in [1.807, 2.05) is 6.07 Å². The van der Waals surface area contributed by atoms with E-state index in [-0.39, 0.29) is 31.7 Å². The smallest absolute Gasteiger partial charge is 0.303 e. The maximum absolute atomic E-state index is 11.7. The van der Waals surface area contributed by atoms with Gasteiger partial charge in [0.15, 0.2) is 0 Å². The van der Waals surface area contributed by atoms with Gasteiger partial charge in [0.25, 0.3) is 0 Å². The van der Waals surface area contributed by atoms with Gasteiger partial charge >= 0.3 is 5.97 Å². The molecule has 0 aromatic carbocycles. The lowest BCUT2D eigenvalue weighted by atomic mass is 10.2. The number of carbonyl (C=O) groups excluding carboxylic acids is 2. The van der Waals surface area contributed by atoms with E-state index >= 15 is 0 Å². The summed E-state index contributed by atoms with van der Waals surface area (Å²) in [5.41, 5.74) is 0. The van der Waals surface area contributed by atoms with Crippen LogP contribution >= 0.6 is 11.8 Å². The van der Waals surface area contributed by atoms with Crippen molar-refractivity contribution in [3.63, 3.8) is 0 Å². The molecule has 0 radical (unpaired) electrons. The van der Waals surface area contributed by atoms with Gasteiger partial charge in [-0.2, -0.15) is 17.0 Å². The summed E-state index contributed by atoms with van der Waals surface area (Å²) in [4.78, 5) is 33.5. The summed E-state index contributed by atoms with van der Waals surface area (Å²) in [5, 5.41) is 21.8. The average Bonchev–Trinajstić information content (AvgIpc) is 2.36. The molecule has 7 nitrogen and oxygen atoms in total. The van der Waals surface area contributed by atoms with Crippen LogP contribution in [0.2, 0.25) is 0 Å². The molecule has 0 rings (SSSR count). The number of hydrogen-bond acceptors (Lipinski definition) is 5. The number of amides is 2. The van der Waals surface area contributed by atoms with E-state index in [2.05, 4.69) is 10.6 Å². The van der Waals surface area contributed by atoms with Crippen molar-refractivity contribution < 1.29 is 19.5 Å². The fourth-order valence-corrected chi connectivity index (χ4v) is 1.77. The van der Waals surface area contributed by atoms with Gasteiger partial charge < -0.3 is 15.7 Å². The van der Waals surface area contributed by atoms with Gasteiger partial charge in [0.05, 0.1) is 18.9 Å². The summed E-state index contributed by atoms with van der Waals surface area (Å²) in [7, 11) is 0. The summed E-state index contributed by atoms with van der Waals surface area (Å²) in [6.07, 6.45) is 1.56. The molecule has 0 bridgehead atoms. The SMILES string of the molecule is CSCC(NC(=O)CCC(=O)O)C(=O)NCCC#N. The van der Waals surface area contributed by atoms with Gasteiger partial charge in [-0.05, 0) is 6.26 Å². The number of nitriles is 1. The summed E-state index contributed by atoms with van der Waals surface area (Å²) in [6, 6.07) is 1.18. The molecule has 2 amide bonds. The highest BCUT2D eigenvalue weighted by Gasteiger charge is 2.19. The first kappa shape index (κ1) is 17.2. The van der Waals surface area contributed by atoms with Gasteiger partial charge in [0, 0.05) is 18.7 Å². The molecule has 19 heavy (non-hydrogen) atoms. The third-order valence-corrected chi connectivity index (χ3v) is 2.75. The van der Waals surface area contributed by atoms with Crippen LogP contribution < -0.4 is 10.6 Å². The number of aliphatic carboxylic acids is 1. The molecule has 0 aromatic heterocycles. The molecule has 0 fully saturated rings. The summed E-state index contributed by atoms with van der Waals surface area (Å²) in [5.74, 6) is -1.52. The van der Waals surface area contributed by atoms with E-state index in [1.165, 1.54) is 11.8 Å². The van der Waals surface area contributed by atoms with Crippen LogP contribution in [0.15, 0.2) is 0 Å². The predicted octanol–water partition coefficient (Wildman–Crippen LogP) is -0.271. The maximum Gasteiger partial charge on any atom is 0.303 e. The van der Waals surface area contributed by atoms with Crippen molar-refractivity contribution in [2.45, 2.75) is 25.3 Å². The van der Waals surface area contributed by atoms with E-state index in [0.29, 0.717) is 5.75 Å². The number of hydrogen-bond donors (Lipinski definition) is 3. The lowest BCUT2D eigenvalue weighted by molar-refractivity contribution is -0.139. The number of nitrogens with one attached hydrogen (secondary N) is 2. The molecule has 0 saturated heterocycles. The Morgan fingerprint density at radius 2 is 2.05 bits per heavy atom. The van der Waals surface area contributed by atoms with Crippen molar-refractivity contribution in [1.82, 2.24) is 10.6 Å². The number of carboxylic acids is 1. The molecular formula is C11H17N3O4S. The molecule has 0 aliphatic carbocycles. The standard InChI is InChI=1S/C11H17N3O4S/c1-19-7-8(11(18)13-6-2-5-12)14-9(15)3-4-10(16)17/h8H,2-4,6-7H2,1H3,(H,13,18)(H,14,15)(H,16,17). The third-order valence-electron chi connectivity index (χ3n) is 2.09. The Kier molecular flexibility index (Phi) is 9.26. The first-order valence-electron chi connectivity index (χ1n) is 5.66. The highest BCUT2D eigenvalue weighted by molar-refractivity contribution is 7.98. The van der Waals surface area contributed by atoms with Gasteiger partial charge in [0.1, 0.15) is 6.04 Å². The largest absolute Gasteiger partial charge is 0.481 e. The molecule has 0 aromatic rings. The number of carbonyl (C=O) groups is 3. The second kappa shape index (κ2) is 10.2. The van der Waals surface area contributed by atoms with Gasteiger partial charge in [-0.15, -0.1) is 0 Å². The van der Waals surface area contributed by atoms with Gasteiger partial charge in [0.2, 0.25) is 11.8 Å². The van der Waals surface area contributed by atoms with Gasteiger partial charge in [-0.25, -0.2) is 0 Å². The molecule has 8 heteroatoms. The Hall–Kier alpha value is -1.75. The number of rotatable bonds is 9. The molecule has 1 atom stereocenters. The fourth-order valence-electron chi connectivity index (χ4n) is 1.20. The van der Waals surface area contributed by atoms with E-state index in [9.17, 15) is 14.4 Å². The first-order chi connectivity index (χ1) is 9.01. The van der Waals surface area contributed by atoms with Crippen LogP contribution in [0.3, 0.4) is 0 Å². The number of thioether (sulfide) groups is 1. The highest BCUT2D eigenvalue weighted by atomic mass is 32.2. The molecule has 0 aliphatic heterocycles. The zero-order chi connectivity index (χ0) is 14.7. The van der Waals surface area contributed by atoms with E-state index in [0.717, 1.165) is 0 Å². The zero-order valence-corrected chi connectivity index (χ0v) is 11.5. The molecule has 0 heterocycles. The minimum Gasteiger partial charge on any atom is -0.481 e. The molecule has 3 N–H and O–H groups in total. The van der Waals surface area contributed by atoms with Crippen LogP contribution in [0.1, 0.15) is 19.3 Å². The van der Waals surface area contributed by atoms with Crippen LogP contribution in [0.5, 0.6) is 0 Å². The van der Waals surface area contributed by atoms with Crippen molar-refractivity contribution in [1.29, 1.82) is 5.26 Å². The Morgan fingerprint density at radius 1 is 1.37 bits per heavy atom. The first-order valence-corrected chi connectivity index (χ1v) is 7.05. The maximum atomic E-state index is 11.7. The second-order valence-electron chi connectivity index (χ2n) is 3.67. The minimum atomic E-state index is -1.06. The topological polar surface area (TPSA) is 119 Å². The van der Waals surface area contributed by atoms with E-state index in [4.69, 9.17) is 10.4 Å². The van der Waals surface area contributed by atoms with Gasteiger partial charge in [-0.3, -0.25) is 14.4 Å². The Balaban J connectivity index is 4.23. The predicted molar refractivity (Wildman–Crippen MR) is 70.4 cm³/mol. The lowest BCUT2D eigenvalue weighted by Crippen LogP contribution is -2.48. The second-order valence-corrected chi connectivity index (χ2v) is 4.58. The Morgan fingerprint density at radius 3 is 2.58 bits per heavy atom. The van der Waals surface area contributed by atoms with Crippen LogP contribution in [-0.4, -0.2) is 47.5 Å². The quantitative estimate of drug-likeness (QED) is 0.502. The van der Waals surface area contributed by atoms with Crippen molar-refractivity contribution in [2.75, 3.05) is 18.6 Å². The molecule has 106 valence electrons. The van der Waals surface area contributed by atoms with Crippen LogP contribution in [0, 0.1) is 11.3 Å². The summed E-state index contributed by atoms with van der Waals surface area (Å²) >= 11 is 1.39. The zero-order valence-electron chi connectivity index (χ0n) is 10.6. The van der Waals surface area contributed by atoms with E-state index in [1.54, 1.807) is 6.26 Å². The van der Waals surface area contributed by atoms with Crippen molar-refractivity contribution in [2.24, 2.45) is 0 Å². The Labute approximate surface area is 115 Å². The van der Waals surface area contributed by atoms with Crippen LogP contribution in [-0.2, 0) is 14.4 Å². The van der Waals surface area contributed by atoms with Gasteiger partial charge in [-0.1, -0.05) is 0 Å². The highest BCUT2D eigenvalue weighted by Crippen LogP contribution is 1.99. The van der Waals surface area contributed by atoms with E-state index < -0.39 is 17.9 Å². The lowest BCUT2D eigenvalue weighted by Gasteiger charge is -2.17. The normalized spacial score (nSPS) is 11.2. The fraction of sp³-hybridized carbons (Fsp3) is 0.636. The Bertz CT molecular complexity index is 367. The summed E-state index contributed by atoms with van der Waals surface area (Å²) < 4.78 is 0. The van der Waals surface area contributed by atoms with Crippen molar-refractivity contribution in [3.05, 3.63) is 0 Å². The molecule has 0 spiro atoms. The monoisotopic (exact) mass is 287 g/mol. The number of carboxylic acid groups (broad SMARTS) is 1. The molecule has 0 aliphatic rings. The molecule has 0 saturated carbocycles. The van der Waals surface area contributed by atoms with Crippen LogP contribution in [0.4, 0.5) is 0 Å². The van der Waals surface area contributed by atoms with Crippen LogP contribution in [0.25, 0.3) is 0 Å². The van der Waals surface area contributed by atoms with Crippen molar-refractivity contribution >= 4 is 29.5 Å². The number of nitrogens with zero attached hydrogens (tertiary/aromatic N) is 1. The summed E-state index contributed by atoms with van der Waals surface area (Å²) in [6.45, 7) is 0.227.